The van der Waals surface area contributed by atoms with Crippen molar-refractivity contribution in [1.82, 2.24) is 4.98 Å². The molecule has 0 radical (unpaired) electrons. The minimum absolute atomic E-state index is 0.650. The Labute approximate surface area is 119 Å². The summed E-state index contributed by atoms with van der Waals surface area (Å²) in [5, 5.41) is 15.5. The van der Waals surface area contributed by atoms with Crippen LogP contribution in [0.2, 0.25) is 0 Å². The smallest absolute Gasteiger partial charge is 0.127 e. The van der Waals surface area contributed by atoms with Gasteiger partial charge in [0.15, 0.2) is 0 Å². The lowest BCUT2D eigenvalue weighted by molar-refractivity contribution is 0.969. The van der Waals surface area contributed by atoms with Gasteiger partial charge in [0.2, 0.25) is 0 Å². The molecule has 0 aliphatic heterocycles. The van der Waals surface area contributed by atoms with Gasteiger partial charge in [0.1, 0.15) is 5.82 Å². The van der Waals surface area contributed by atoms with Gasteiger partial charge in [-0.05, 0) is 37.1 Å². The van der Waals surface area contributed by atoms with E-state index in [-0.39, 0.29) is 0 Å². The van der Waals surface area contributed by atoms with Crippen LogP contribution in [0.3, 0.4) is 0 Å². The van der Waals surface area contributed by atoms with Crippen molar-refractivity contribution in [3.8, 4) is 6.07 Å². The molecule has 4 heteroatoms. The zero-order valence-electron chi connectivity index (χ0n) is 11.8. The van der Waals surface area contributed by atoms with E-state index >= 15 is 0 Å². The van der Waals surface area contributed by atoms with E-state index in [1.807, 2.05) is 37.3 Å². The molecular formula is C16H18N4. The summed E-state index contributed by atoms with van der Waals surface area (Å²) in [6, 6.07) is 11.7. The largest absolute Gasteiger partial charge is 0.370 e. The van der Waals surface area contributed by atoms with Crippen LogP contribution in [-0.2, 0) is 0 Å². The van der Waals surface area contributed by atoms with Gasteiger partial charge in [-0.25, -0.2) is 4.98 Å². The molecule has 2 aromatic rings. The molecule has 2 N–H and O–H groups in total. The van der Waals surface area contributed by atoms with Crippen LogP contribution >= 0.6 is 0 Å². The summed E-state index contributed by atoms with van der Waals surface area (Å²) in [5.41, 5.74) is 3.65. The molecule has 1 heterocycles. The van der Waals surface area contributed by atoms with Crippen molar-refractivity contribution in [1.29, 1.82) is 5.26 Å². The second-order valence-corrected chi connectivity index (χ2v) is 4.62. The van der Waals surface area contributed by atoms with E-state index in [1.54, 1.807) is 6.20 Å². The van der Waals surface area contributed by atoms with Gasteiger partial charge in [0.25, 0.3) is 0 Å². The summed E-state index contributed by atoms with van der Waals surface area (Å²) < 4.78 is 0. The molecule has 20 heavy (non-hydrogen) atoms. The van der Waals surface area contributed by atoms with Crippen LogP contribution in [0.4, 0.5) is 17.2 Å². The molecule has 0 spiro atoms. The summed E-state index contributed by atoms with van der Waals surface area (Å²) in [6.07, 6.45) is 2.83. The van der Waals surface area contributed by atoms with Crippen molar-refractivity contribution in [2.24, 2.45) is 0 Å². The van der Waals surface area contributed by atoms with Crippen molar-refractivity contribution in [3.63, 3.8) is 0 Å². The Balaban J connectivity index is 2.19. The lowest BCUT2D eigenvalue weighted by Crippen LogP contribution is -2.02. The average molecular weight is 266 g/mol. The Morgan fingerprint density at radius 2 is 2.10 bits per heavy atom. The van der Waals surface area contributed by atoms with Crippen LogP contribution in [-0.4, -0.2) is 11.5 Å². The Hall–Kier alpha value is -2.54. The summed E-state index contributed by atoms with van der Waals surface area (Å²) >= 11 is 0. The molecule has 4 nitrogen and oxygen atoms in total. The number of hydrogen-bond donors (Lipinski definition) is 2. The zero-order valence-corrected chi connectivity index (χ0v) is 11.8. The standard InChI is InChI=1S/C16H18N4/c1-3-7-18-16-10-14(6-8-19-16)20-15-9-13(11-17)5-4-12(15)2/h4-6,8-10H,3,7H2,1-2H3,(H2,18,19,20). The van der Waals surface area contributed by atoms with E-state index in [9.17, 15) is 0 Å². The van der Waals surface area contributed by atoms with E-state index in [4.69, 9.17) is 5.26 Å². The van der Waals surface area contributed by atoms with Gasteiger partial charge in [0, 0.05) is 30.2 Å². The van der Waals surface area contributed by atoms with Crippen molar-refractivity contribution in [2.75, 3.05) is 17.2 Å². The summed E-state index contributed by atoms with van der Waals surface area (Å²) in [4.78, 5) is 4.27. The summed E-state index contributed by atoms with van der Waals surface area (Å²) in [5.74, 6) is 0.853. The van der Waals surface area contributed by atoms with Crippen molar-refractivity contribution >= 4 is 17.2 Å². The number of aryl methyl sites for hydroxylation is 1. The van der Waals surface area contributed by atoms with Crippen molar-refractivity contribution in [2.45, 2.75) is 20.3 Å². The third kappa shape index (κ3) is 3.48. The van der Waals surface area contributed by atoms with E-state index in [1.165, 1.54) is 0 Å². The molecule has 0 saturated heterocycles. The Morgan fingerprint density at radius 3 is 2.85 bits per heavy atom. The van der Waals surface area contributed by atoms with Gasteiger partial charge in [-0.1, -0.05) is 13.0 Å². The van der Waals surface area contributed by atoms with Gasteiger partial charge in [0.05, 0.1) is 11.6 Å². The molecule has 102 valence electrons. The lowest BCUT2D eigenvalue weighted by atomic mass is 10.1. The normalized spacial score (nSPS) is 9.85. The van der Waals surface area contributed by atoms with Gasteiger partial charge in [-0.15, -0.1) is 0 Å². The highest BCUT2D eigenvalue weighted by atomic mass is 15.0. The molecule has 0 atom stereocenters. The van der Waals surface area contributed by atoms with Crippen LogP contribution < -0.4 is 10.6 Å². The number of anilines is 3. The summed E-state index contributed by atoms with van der Waals surface area (Å²) in [7, 11) is 0. The lowest BCUT2D eigenvalue weighted by Gasteiger charge is -2.11. The molecule has 2 rings (SSSR count). The van der Waals surface area contributed by atoms with E-state index in [0.29, 0.717) is 5.56 Å². The van der Waals surface area contributed by atoms with Crippen molar-refractivity contribution in [3.05, 3.63) is 47.7 Å². The number of pyridine rings is 1. The quantitative estimate of drug-likeness (QED) is 0.863. The fraction of sp³-hybridized carbons (Fsp3) is 0.250. The average Bonchev–Trinajstić information content (AvgIpc) is 2.48. The maximum atomic E-state index is 8.96. The molecule has 0 fully saturated rings. The minimum Gasteiger partial charge on any atom is -0.370 e. The van der Waals surface area contributed by atoms with Crippen LogP contribution in [0, 0.1) is 18.3 Å². The maximum absolute atomic E-state index is 8.96. The highest BCUT2D eigenvalue weighted by Crippen LogP contribution is 2.22. The van der Waals surface area contributed by atoms with E-state index < -0.39 is 0 Å². The second-order valence-electron chi connectivity index (χ2n) is 4.62. The summed E-state index contributed by atoms with van der Waals surface area (Å²) in [6.45, 7) is 5.03. The van der Waals surface area contributed by atoms with Gasteiger partial charge < -0.3 is 10.6 Å². The first kappa shape index (κ1) is 13.9. The molecule has 0 aliphatic carbocycles. The molecule has 0 bridgehead atoms. The number of rotatable bonds is 5. The zero-order chi connectivity index (χ0) is 14.4. The third-order valence-electron chi connectivity index (χ3n) is 2.96. The molecule has 0 amide bonds. The van der Waals surface area contributed by atoms with Crippen molar-refractivity contribution < 1.29 is 0 Å². The monoisotopic (exact) mass is 266 g/mol. The topological polar surface area (TPSA) is 60.7 Å². The van der Waals surface area contributed by atoms with Gasteiger partial charge in [-0.2, -0.15) is 5.26 Å². The molecule has 0 aliphatic rings. The van der Waals surface area contributed by atoms with Gasteiger partial charge >= 0.3 is 0 Å². The first-order valence-electron chi connectivity index (χ1n) is 6.70. The SMILES string of the molecule is CCCNc1cc(Nc2cc(C#N)ccc2C)ccn1. The fourth-order valence-electron chi connectivity index (χ4n) is 1.84. The van der Waals surface area contributed by atoms with Crippen LogP contribution in [0.25, 0.3) is 0 Å². The number of benzene rings is 1. The Morgan fingerprint density at radius 1 is 1.25 bits per heavy atom. The third-order valence-corrected chi connectivity index (χ3v) is 2.96. The highest BCUT2D eigenvalue weighted by Gasteiger charge is 2.02. The number of nitrogens with one attached hydrogen (secondary N) is 2. The Kier molecular flexibility index (Phi) is 4.56. The van der Waals surface area contributed by atoms with E-state index in [0.717, 1.165) is 35.7 Å². The molecule has 0 saturated carbocycles. The number of nitriles is 1. The first-order valence-corrected chi connectivity index (χ1v) is 6.70. The van der Waals surface area contributed by atoms with Gasteiger partial charge in [-0.3, -0.25) is 0 Å². The first-order chi connectivity index (χ1) is 9.72. The maximum Gasteiger partial charge on any atom is 0.127 e. The number of hydrogen-bond acceptors (Lipinski definition) is 4. The molecule has 1 aromatic heterocycles. The second kappa shape index (κ2) is 6.58. The molecule has 0 unspecified atom stereocenters. The Bertz CT molecular complexity index is 629. The fourth-order valence-corrected chi connectivity index (χ4v) is 1.84. The van der Waals surface area contributed by atoms with Crippen LogP contribution in [0.15, 0.2) is 36.5 Å². The van der Waals surface area contributed by atoms with Crippen LogP contribution in [0.5, 0.6) is 0 Å². The van der Waals surface area contributed by atoms with Crippen LogP contribution in [0.1, 0.15) is 24.5 Å². The molecular weight excluding hydrogens is 248 g/mol. The predicted octanol–water partition coefficient (Wildman–Crippen LogP) is 3.83. The highest BCUT2D eigenvalue weighted by molar-refractivity contribution is 5.66. The minimum atomic E-state index is 0.650. The number of nitrogens with zero attached hydrogens (tertiary/aromatic N) is 2. The predicted molar refractivity (Wildman–Crippen MR) is 82.2 cm³/mol. The number of aromatic nitrogens is 1. The molecule has 1 aromatic carbocycles. The van der Waals surface area contributed by atoms with E-state index in [2.05, 4.69) is 28.6 Å².